The summed E-state index contributed by atoms with van der Waals surface area (Å²) in [6.45, 7) is 4.15. The quantitative estimate of drug-likeness (QED) is 0.674. The Morgan fingerprint density at radius 2 is 2.00 bits per heavy atom. The average Bonchev–Trinajstić information content (AvgIpc) is 2.19. The average molecular weight is 181 g/mol. The van der Waals surface area contributed by atoms with Gasteiger partial charge in [-0.3, -0.25) is 4.79 Å². The first-order valence-electron chi connectivity index (χ1n) is 5.08. The van der Waals surface area contributed by atoms with Gasteiger partial charge in [-0.1, -0.05) is 25.8 Å². The smallest absolute Gasteiger partial charge is 0.155 e. The molecular formula is C11H19NO. The summed E-state index contributed by atoms with van der Waals surface area (Å²) < 4.78 is 0. The van der Waals surface area contributed by atoms with E-state index in [4.69, 9.17) is 5.73 Å². The third kappa shape index (κ3) is 2.66. The molecule has 0 aromatic rings. The van der Waals surface area contributed by atoms with Crippen molar-refractivity contribution in [1.82, 2.24) is 0 Å². The van der Waals surface area contributed by atoms with E-state index in [2.05, 4.69) is 6.58 Å². The van der Waals surface area contributed by atoms with Gasteiger partial charge in [0.1, 0.15) is 0 Å². The molecule has 1 rings (SSSR count). The van der Waals surface area contributed by atoms with E-state index < -0.39 is 0 Å². The lowest BCUT2D eigenvalue weighted by atomic mass is 9.71. The van der Waals surface area contributed by atoms with E-state index in [1.807, 2.05) is 0 Å². The Labute approximate surface area is 80.2 Å². The molecule has 0 heterocycles. The first-order chi connectivity index (χ1) is 6.22. The van der Waals surface area contributed by atoms with Crippen molar-refractivity contribution in [1.29, 1.82) is 0 Å². The molecule has 2 N–H and O–H groups in total. The number of rotatable bonds is 4. The molecule has 13 heavy (non-hydrogen) atoms. The molecule has 0 saturated heterocycles. The lowest BCUT2D eigenvalue weighted by Crippen LogP contribution is -2.34. The van der Waals surface area contributed by atoms with Gasteiger partial charge in [0, 0.05) is 6.42 Å². The van der Waals surface area contributed by atoms with Gasteiger partial charge in [0.05, 0.1) is 0 Å². The largest absolute Gasteiger partial charge is 0.330 e. The molecular weight excluding hydrogens is 162 g/mol. The Morgan fingerprint density at radius 3 is 2.46 bits per heavy atom. The highest BCUT2D eigenvalue weighted by atomic mass is 16.1. The fourth-order valence-electron chi connectivity index (χ4n) is 2.20. The maximum atomic E-state index is 11.3. The highest BCUT2D eigenvalue weighted by Crippen LogP contribution is 2.38. The van der Waals surface area contributed by atoms with Crippen molar-refractivity contribution in [3.8, 4) is 0 Å². The molecule has 0 aromatic carbocycles. The van der Waals surface area contributed by atoms with Crippen LogP contribution in [-0.4, -0.2) is 12.3 Å². The lowest BCUT2D eigenvalue weighted by Gasteiger charge is -2.35. The normalized spacial score (nSPS) is 21.0. The summed E-state index contributed by atoms with van der Waals surface area (Å²) in [5.74, 6) is 0.146. The highest BCUT2D eigenvalue weighted by molar-refractivity contribution is 5.89. The summed E-state index contributed by atoms with van der Waals surface area (Å²) in [4.78, 5) is 11.3. The maximum Gasteiger partial charge on any atom is 0.155 e. The molecule has 1 fully saturated rings. The van der Waals surface area contributed by atoms with Crippen LogP contribution in [0, 0.1) is 5.41 Å². The minimum Gasteiger partial charge on any atom is -0.330 e. The maximum absolute atomic E-state index is 11.3. The molecule has 0 atom stereocenters. The summed E-state index contributed by atoms with van der Waals surface area (Å²) >= 11 is 0. The Morgan fingerprint density at radius 1 is 1.38 bits per heavy atom. The van der Waals surface area contributed by atoms with Crippen molar-refractivity contribution < 1.29 is 4.79 Å². The molecule has 1 aliphatic carbocycles. The van der Waals surface area contributed by atoms with Gasteiger partial charge in [0.15, 0.2) is 5.78 Å². The number of allylic oxidation sites excluding steroid dienone is 1. The van der Waals surface area contributed by atoms with Crippen LogP contribution in [0.2, 0.25) is 0 Å². The summed E-state index contributed by atoms with van der Waals surface area (Å²) in [7, 11) is 0. The SMILES string of the molecule is C=CC(=O)CC1(CN)CCCCC1. The Bertz CT molecular complexity index is 192. The van der Waals surface area contributed by atoms with E-state index >= 15 is 0 Å². The van der Waals surface area contributed by atoms with Crippen molar-refractivity contribution in [3.63, 3.8) is 0 Å². The van der Waals surface area contributed by atoms with Gasteiger partial charge >= 0.3 is 0 Å². The van der Waals surface area contributed by atoms with Crippen LogP contribution >= 0.6 is 0 Å². The van der Waals surface area contributed by atoms with Crippen LogP contribution in [0.4, 0.5) is 0 Å². The molecule has 0 radical (unpaired) electrons. The van der Waals surface area contributed by atoms with Crippen molar-refractivity contribution in [3.05, 3.63) is 12.7 Å². The fraction of sp³-hybridized carbons (Fsp3) is 0.727. The third-order valence-electron chi connectivity index (χ3n) is 3.12. The number of nitrogens with two attached hydrogens (primary N) is 1. The highest BCUT2D eigenvalue weighted by Gasteiger charge is 2.31. The van der Waals surface area contributed by atoms with Gasteiger partial charge in [-0.15, -0.1) is 0 Å². The minimum atomic E-state index is 0.101. The standard InChI is InChI=1S/C11H19NO/c1-2-10(13)8-11(9-12)6-4-3-5-7-11/h2H,1,3-9,12H2. The molecule has 2 nitrogen and oxygen atoms in total. The molecule has 1 aliphatic rings. The van der Waals surface area contributed by atoms with E-state index in [0.29, 0.717) is 13.0 Å². The van der Waals surface area contributed by atoms with Crippen LogP contribution in [0.1, 0.15) is 38.5 Å². The Balaban J connectivity index is 2.56. The molecule has 0 aromatic heterocycles. The molecule has 0 spiro atoms. The van der Waals surface area contributed by atoms with E-state index in [1.165, 1.54) is 25.3 Å². The predicted octanol–water partition coefficient (Wildman–Crippen LogP) is 2.04. The van der Waals surface area contributed by atoms with Crippen molar-refractivity contribution in [2.45, 2.75) is 38.5 Å². The summed E-state index contributed by atoms with van der Waals surface area (Å²) in [5, 5.41) is 0. The van der Waals surface area contributed by atoms with Crippen LogP contribution < -0.4 is 5.73 Å². The summed E-state index contributed by atoms with van der Waals surface area (Å²) in [6, 6.07) is 0. The molecule has 74 valence electrons. The number of hydrogen-bond donors (Lipinski definition) is 1. The van der Waals surface area contributed by atoms with Gasteiger partial charge in [-0.05, 0) is 30.9 Å². The van der Waals surface area contributed by atoms with Crippen LogP contribution in [0.15, 0.2) is 12.7 Å². The van der Waals surface area contributed by atoms with E-state index in [-0.39, 0.29) is 11.2 Å². The number of hydrogen-bond acceptors (Lipinski definition) is 2. The van der Waals surface area contributed by atoms with Gasteiger partial charge in [0.2, 0.25) is 0 Å². The first-order valence-corrected chi connectivity index (χ1v) is 5.08. The van der Waals surface area contributed by atoms with Gasteiger partial charge < -0.3 is 5.73 Å². The molecule has 0 bridgehead atoms. The molecule has 2 heteroatoms. The zero-order chi connectivity index (χ0) is 9.73. The fourth-order valence-corrected chi connectivity index (χ4v) is 2.20. The number of carbonyl (C=O) groups excluding carboxylic acids is 1. The van der Waals surface area contributed by atoms with Crippen LogP contribution in [-0.2, 0) is 4.79 Å². The summed E-state index contributed by atoms with van der Waals surface area (Å²) in [6.07, 6.45) is 8.00. The third-order valence-corrected chi connectivity index (χ3v) is 3.12. The second kappa shape index (κ2) is 4.56. The molecule has 0 aliphatic heterocycles. The van der Waals surface area contributed by atoms with Gasteiger partial charge in [-0.25, -0.2) is 0 Å². The number of carbonyl (C=O) groups is 1. The van der Waals surface area contributed by atoms with E-state index in [1.54, 1.807) is 0 Å². The number of ketones is 1. The van der Waals surface area contributed by atoms with E-state index in [9.17, 15) is 4.79 Å². The lowest BCUT2D eigenvalue weighted by molar-refractivity contribution is -0.117. The van der Waals surface area contributed by atoms with Crippen LogP contribution in [0.25, 0.3) is 0 Å². The Hall–Kier alpha value is -0.630. The van der Waals surface area contributed by atoms with E-state index in [0.717, 1.165) is 12.8 Å². The van der Waals surface area contributed by atoms with Crippen molar-refractivity contribution in [2.75, 3.05) is 6.54 Å². The predicted molar refractivity (Wildman–Crippen MR) is 54.4 cm³/mol. The van der Waals surface area contributed by atoms with Crippen molar-refractivity contribution >= 4 is 5.78 Å². The van der Waals surface area contributed by atoms with Crippen LogP contribution in [0.3, 0.4) is 0 Å². The second-order valence-electron chi connectivity index (χ2n) is 4.11. The first kappa shape index (κ1) is 10.5. The molecule has 1 saturated carbocycles. The van der Waals surface area contributed by atoms with Gasteiger partial charge in [-0.2, -0.15) is 0 Å². The molecule has 0 amide bonds. The minimum absolute atomic E-state index is 0.101. The summed E-state index contributed by atoms with van der Waals surface area (Å²) in [5.41, 5.74) is 5.86. The topological polar surface area (TPSA) is 43.1 Å². The van der Waals surface area contributed by atoms with Gasteiger partial charge in [0.25, 0.3) is 0 Å². The zero-order valence-electron chi connectivity index (χ0n) is 8.22. The monoisotopic (exact) mass is 181 g/mol. The van der Waals surface area contributed by atoms with Crippen molar-refractivity contribution in [2.24, 2.45) is 11.1 Å². The second-order valence-corrected chi connectivity index (χ2v) is 4.11. The molecule has 0 unspecified atom stereocenters. The van der Waals surface area contributed by atoms with Crippen LogP contribution in [0.5, 0.6) is 0 Å². The zero-order valence-corrected chi connectivity index (χ0v) is 8.22. The Kier molecular flexibility index (Phi) is 3.67.